The molecule has 0 saturated heterocycles. The first kappa shape index (κ1) is 52.6. The Labute approximate surface area is 367 Å². The van der Waals surface area contributed by atoms with Crippen molar-refractivity contribution in [2.75, 3.05) is 38.2 Å². The van der Waals surface area contributed by atoms with Gasteiger partial charge in [-0.3, -0.25) is 9.78 Å². The molecule has 9 nitrogen and oxygen atoms in total. The van der Waals surface area contributed by atoms with Gasteiger partial charge >= 0.3 is 6.03 Å². The number of hydrogen-bond donors (Lipinski definition) is 3. The van der Waals surface area contributed by atoms with E-state index in [4.69, 9.17) is 14.2 Å². The van der Waals surface area contributed by atoms with Gasteiger partial charge < -0.3 is 30.2 Å². The van der Waals surface area contributed by atoms with E-state index in [9.17, 15) is 9.59 Å². The summed E-state index contributed by atoms with van der Waals surface area (Å²) in [4.78, 5) is 29.5. The number of aromatic nitrogens is 1. The van der Waals surface area contributed by atoms with Gasteiger partial charge in [-0.1, -0.05) is 194 Å². The number of nitrogens with zero attached hydrogens (tertiary/aromatic N) is 1. The van der Waals surface area contributed by atoms with Gasteiger partial charge in [-0.25, -0.2) is 4.79 Å². The highest BCUT2D eigenvalue weighted by atomic mass is 16.5. The zero-order chi connectivity index (χ0) is 43.0. The number of pyridine rings is 1. The molecular weight excluding hydrogens is 749 g/mol. The maximum atomic E-state index is 13.1. The van der Waals surface area contributed by atoms with Gasteiger partial charge in [-0.05, 0) is 31.4 Å². The first-order chi connectivity index (χ1) is 29.6. The minimum absolute atomic E-state index is 0.207. The van der Waals surface area contributed by atoms with Crippen molar-refractivity contribution < 1.29 is 23.8 Å². The Morgan fingerprint density at radius 1 is 0.467 bits per heavy atom. The first-order valence-corrected chi connectivity index (χ1v) is 24.9. The van der Waals surface area contributed by atoms with Gasteiger partial charge in [0.05, 0.1) is 25.5 Å². The molecule has 0 radical (unpaired) electrons. The van der Waals surface area contributed by atoms with Crippen molar-refractivity contribution >= 4 is 17.6 Å². The van der Waals surface area contributed by atoms with Gasteiger partial charge in [0.25, 0.3) is 5.91 Å². The van der Waals surface area contributed by atoms with Gasteiger partial charge in [0.1, 0.15) is 0 Å². The van der Waals surface area contributed by atoms with Gasteiger partial charge in [0.2, 0.25) is 5.75 Å². The highest BCUT2D eigenvalue weighted by Gasteiger charge is 2.18. The van der Waals surface area contributed by atoms with Crippen LogP contribution in [-0.4, -0.2) is 49.8 Å². The largest absolute Gasteiger partial charge is 0.489 e. The summed E-state index contributed by atoms with van der Waals surface area (Å²) in [5, 5.41) is 8.67. The molecule has 2 aromatic rings. The van der Waals surface area contributed by atoms with Crippen LogP contribution in [0.15, 0.2) is 36.7 Å². The quantitative estimate of drug-likeness (QED) is 0.0575. The smallest absolute Gasteiger partial charge is 0.319 e. The van der Waals surface area contributed by atoms with Crippen molar-refractivity contribution in [3.05, 3.63) is 42.2 Å². The summed E-state index contributed by atoms with van der Waals surface area (Å²) >= 11 is 0. The van der Waals surface area contributed by atoms with Gasteiger partial charge in [-0.15, -0.1) is 0 Å². The Balaban J connectivity index is 2.03. The highest BCUT2D eigenvalue weighted by Crippen LogP contribution is 2.41. The summed E-state index contributed by atoms with van der Waals surface area (Å²) in [6.45, 7) is 9.12. The Morgan fingerprint density at radius 2 is 0.817 bits per heavy atom. The van der Waals surface area contributed by atoms with E-state index in [-0.39, 0.29) is 18.5 Å². The average molecular weight is 837 g/mol. The van der Waals surface area contributed by atoms with Crippen molar-refractivity contribution in [3.8, 4) is 17.2 Å². The van der Waals surface area contributed by atoms with Crippen LogP contribution in [0.3, 0.4) is 0 Å². The fourth-order valence-corrected chi connectivity index (χ4v) is 7.45. The highest BCUT2D eigenvalue weighted by molar-refractivity contribution is 5.94. The number of unbranched alkanes of at least 4 members (excludes halogenated alkanes) is 27. The number of amides is 3. The number of rotatable bonds is 41. The number of carbonyl (C=O) groups excluding carboxylic acids is 2. The topological polar surface area (TPSA) is 111 Å². The van der Waals surface area contributed by atoms with Gasteiger partial charge in [-0.2, -0.15) is 0 Å². The molecule has 0 spiro atoms. The second kappa shape index (κ2) is 38.4. The Hall–Kier alpha value is -3.49. The third-order valence-corrected chi connectivity index (χ3v) is 11.2. The molecule has 0 bridgehead atoms. The molecule has 0 atom stereocenters. The number of nitrogens with one attached hydrogen (secondary N) is 3. The van der Waals surface area contributed by atoms with E-state index in [1.807, 2.05) is 12.1 Å². The normalized spacial score (nSPS) is 11.1. The molecule has 2 rings (SSSR count). The van der Waals surface area contributed by atoms with Crippen molar-refractivity contribution in [1.82, 2.24) is 15.6 Å². The van der Waals surface area contributed by atoms with Crippen LogP contribution in [0.1, 0.15) is 224 Å². The lowest BCUT2D eigenvalue weighted by Crippen LogP contribution is -2.36. The van der Waals surface area contributed by atoms with E-state index < -0.39 is 0 Å². The van der Waals surface area contributed by atoms with Crippen LogP contribution in [0.5, 0.6) is 17.2 Å². The summed E-state index contributed by atoms with van der Waals surface area (Å²) in [7, 11) is 0. The lowest BCUT2D eigenvalue weighted by molar-refractivity contribution is 0.0953. The molecule has 0 saturated carbocycles. The minimum atomic E-state index is -0.367. The summed E-state index contributed by atoms with van der Waals surface area (Å²) in [6.07, 6.45) is 41.0. The van der Waals surface area contributed by atoms with Crippen molar-refractivity contribution in [1.29, 1.82) is 0 Å². The Kier molecular flexibility index (Phi) is 33.7. The molecule has 0 aliphatic heterocycles. The number of carbonyl (C=O) groups is 2. The number of benzene rings is 1. The first-order valence-electron chi connectivity index (χ1n) is 24.9. The summed E-state index contributed by atoms with van der Waals surface area (Å²) in [6, 6.07) is 6.68. The molecular formula is C51H88N4O5. The van der Waals surface area contributed by atoms with E-state index in [0.29, 0.717) is 54.9 Å². The van der Waals surface area contributed by atoms with E-state index in [1.165, 1.54) is 154 Å². The fourth-order valence-electron chi connectivity index (χ4n) is 7.45. The van der Waals surface area contributed by atoms with Crippen molar-refractivity contribution in [2.45, 2.75) is 213 Å². The summed E-state index contributed by atoms with van der Waals surface area (Å²) in [5.74, 6) is 1.65. The van der Waals surface area contributed by atoms with E-state index in [1.54, 1.807) is 24.5 Å². The second-order valence-corrected chi connectivity index (χ2v) is 16.8. The van der Waals surface area contributed by atoms with E-state index in [2.05, 4.69) is 41.7 Å². The Morgan fingerprint density at radius 3 is 1.22 bits per heavy atom. The molecule has 1 aromatic carbocycles. The number of urea groups is 1. The van der Waals surface area contributed by atoms with Crippen LogP contribution in [0.25, 0.3) is 0 Å². The van der Waals surface area contributed by atoms with E-state index >= 15 is 0 Å². The third kappa shape index (κ3) is 28.1. The summed E-state index contributed by atoms with van der Waals surface area (Å²) in [5.41, 5.74) is 1.11. The standard InChI is InChI=1S/C51H88N4O5/c1-4-7-10-13-16-19-22-25-28-31-40-58-47-43-46(55-51(57)54-39-38-53-50(56)45-34-36-52-37-35-45)44-48(59-41-32-29-26-23-20-17-14-11-8-5-2)49(47)60-42-33-30-27-24-21-18-15-12-9-6-3/h34-37,43-44H,4-33,38-42H2,1-3H3,(H,53,56)(H2,54,55,57). The lowest BCUT2D eigenvalue weighted by atomic mass is 10.1. The number of anilines is 1. The van der Waals surface area contributed by atoms with Gasteiger partial charge in [0.15, 0.2) is 11.5 Å². The molecule has 3 N–H and O–H groups in total. The molecule has 1 heterocycles. The number of hydrogen-bond acceptors (Lipinski definition) is 6. The Bertz CT molecular complexity index is 1260. The predicted molar refractivity (Wildman–Crippen MR) is 252 cm³/mol. The molecule has 0 fully saturated rings. The second-order valence-electron chi connectivity index (χ2n) is 16.8. The third-order valence-electron chi connectivity index (χ3n) is 11.2. The molecule has 1 aromatic heterocycles. The molecule has 9 heteroatoms. The van der Waals surface area contributed by atoms with E-state index in [0.717, 1.165) is 38.5 Å². The van der Waals surface area contributed by atoms with Crippen molar-refractivity contribution in [2.24, 2.45) is 0 Å². The molecule has 342 valence electrons. The average Bonchev–Trinajstić information content (AvgIpc) is 3.26. The van der Waals surface area contributed by atoms with Crippen LogP contribution >= 0.6 is 0 Å². The zero-order valence-electron chi connectivity index (χ0n) is 38.7. The van der Waals surface area contributed by atoms with Gasteiger partial charge in [0, 0.05) is 43.2 Å². The molecule has 3 amide bonds. The zero-order valence-corrected chi connectivity index (χ0v) is 38.7. The van der Waals surface area contributed by atoms with Crippen LogP contribution in [0.4, 0.5) is 10.5 Å². The maximum Gasteiger partial charge on any atom is 0.319 e. The minimum Gasteiger partial charge on any atom is -0.489 e. The lowest BCUT2D eigenvalue weighted by Gasteiger charge is -2.19. The fraction of sp³-hybridized carbons (Fsp3) is 0.745. The number of ether oxygens (including phenoxy) is 3. The monoisotopic (exact) mass is 837 g/mol. The molecule has 0 unspecified atom stereocenters. The van der Waals surface area contributed by atoms with Crippen LogP contribution < -0.4 is 30.2 Å². The molecule has 0 aliphatic carbocycles. The predicted octanol–water partition coefficient (Wildman–Crippen LogP) is 14.5. The SMILES string of the molecule is CCCCCCCCCCCCOc1cc(NC(=O)NCCNC(=O)c2ccncc2)cc(OCCCCCCCCCCCC)c1OCCCCCCCCCCCC. The molecule has 0 aliphatic rings. The summed E-state index contributed by atoms with van der Waals surface area (Å²) < 4.78 is 19.5. The van der Waals surface area contributed by atoms with Crippen LogP contribution in [0.2, 0.25) is 0 Å². The van der Waals surface area contributed by atoms with Crippen molar-refractivity contribution in [3.63, 3.8) is 0 Å². The molecule has 60 heavy (non-hydrogen) atoms. The maximum absolute atomic E-state index is 13.1. The van der Waals surface area contributed by atoms with Crippen LogP contribution in [0, 0.1) is 0 Å². The van der Waals surface area contributed by atoms with Crippen LogP contribution in [-0.2, 0) is 0 Å².